The summed E-state index contributed by atoms with van der Waals surface area (Å²) in [5, 5.41) is 3.41. The average Bonchev–Trinajstić information content (AvgIpc) is 2.28. The van der Waals surface area contributed by atoms with E-state index < -0.39 is 11.6 Å². The van der Waals surface area contributed by atoms with E-state index in [2.05, 4.69) is 42.0 Å². The van der Waals surface area contributed by atoms with Crippen LogP contribution in [0.15, 0.2) is 16.6 Å². The molecule has 0 saturated heterocycles. The molecule has 1 rings (SSSR count). The summed E-state index contributed by atoms with van der Waals surface area (Å²) < 4.78 is 28.1. The summed E-state index contributed by atoms with van der Waals surface area (Å²) in [6, 6.07) is 2.72. The van der Waals surface area contributed by atoms with E-state index in [0.717, 1.165) is 13.0 Å². The number of nitrogens with one attached hydrogen (secondary N) is 1. The van der Waals surface area contributed by atoms with Crippen molar-refractivity contribution >= 4 is 15.9 Å². The van der Waals surface area contributed by atoms with Crippen LogP contribution in [0.4, 0.5) is 8.78 Å². The van der Waals surface area contributed by atoms with Gasteiger partial charge in [-0.15, -0.1) is 0 Å². The third-order valence-corrected chi connectivity index (χ3v) is 3.86. The Labute approximate surface area is 129 Å². The van der Waals surface area contributed by atoms with Crippen LogP contribution >= 0.6 is 15.9 Å². The average molecular weight is 348 g/mol. The highest BCUT2D eigenvalue weighted by Crippen LogP contribution is 2.30. The second kappa shape index (κ2) is 6.52. The molecule has 0 unspecified atom stereocenters. The molecule has 4 heteroatoms. The molecule has 0 aliphatic heterocycles. The molecule has 0 aliphatic carbocycles. The van der Waals surface area contributed by atoms with Gasteiger partial charge in [0.05, 0.1) is 4.47 Å². The van der Waals surface area contributed by atoms with Gasteiger partial charge >= 0.3 is 0 Å². The lowest BCUT2D eigenvalue weighted by Gasteiger charge is -2.28. The lowest BCUT2D eigenvalue weighted by Crippen LogP contribution is -2.38. The Kier molecular flexibility index (Phi) is 5.73. The summed E-state index contributed by atoms with van der Waals surface area (Å²) >= 11 is 3.11. The molecule has 0 fully saturated rings. The van der Waals surface area contributed by atoms with Crippen LogP contribution in [-0.2, 0) is 6.42 Å². The van der Waals surface area contributed by atoms with E-state index in [1.807, 2.05) is 13.8 Å². The summed E-state index contributed by atoms with van der Waals surface area (Å²) in [6.07, 6.45) is 1.24. The maximum absolute atomic E-state index is 14.0. The molecule has 1 nitrogen and oxygen atoms in total. The molecule has 0 heterocycles. The fraction of sp³-hybridized carbons (Fsp3) is 0.625. The molecule has 0 saturated carbocycles. The molecule has 1 aromatic carbocycles. The lowest BCUT2D eigenvalue weighted by atomic mass is 9.82. The van der Waals surface area contributed by atoms with Gasteiger partial charge in [-0.3, -0.25) is 0 Å². The van der Waals surface area contributed by atoms with Crippen LogP contribution in [0.5, 0.6) is 0 Å². The molecule has 114 valence electrons. The van der Waals surface area contributed by atoms with E-state index in [-0.39, 0.29) is 16.5 Å². The summed E-state index contributed by atoms with van der Waals surface area (Å²) in [7, 11) is 0. The topological polar surface area (TPSA) is 12.0 Å². The van der Waals surface area contributed by atoms with Crippen molar-refractivity contribution in [1.29, 1.82) is 0 Å². The quantitative estimate of drug-likeness (QED) is 0.732. The second-order valence-electron chi connectivity index (χ2n) is 7.09. The Morgan fingerprint density at radius 2 is 1.70 bits per heavy atom. The minimum atomic E-state index is -0.484. The normalized spacial score (nSPS) is 12.8. The smallest absolute Gasteiger partial charge is 0.143 e. The molecule has 0 amide bonds. The van der Waals surface area contributed by atoms with Crippen molar-refractivity contribution in [2.24, 2.45) is 5.41 Å². The number of halogens is 3. The molecule has 0 radical (unpaired) electrons. The van der Waals surface area contributed by atoms with Gasteiger partial charge in [0.2, 0.25) is 0 Å². The molecule has 0 atom stereocenters. The van der Waals surface area contributed by atoms with Crippen molar-refractivity contribution in [3.8, 4) is 0 Å². The first-order valence-electron chi connectivity index (χ1n) is 6.89. The van der Waals surface area contributed by atoms with E-state index in [1.54, 1.807) is 0 Å². The second-order valence-corrected chi connectivity index (χ2v) is 7.94. The van der Waals surface area contributed by atoms with E-state index >= 15 is 0 Å². The largest absolute Gasteiger partial charge is 0.312 e. The van der Waals surface area contributed by atoms with Crippen molar-refractivity contribution in [2.45, 2.75) is 53.0 Å². The molecule has 1 N–H and O–H groups in total. The van der Waals surface area contributed by atoms with Crippen molar-refractivity contribution in [1.82, 2.24) is 5.32 Å². The summed E-state index contributed by atoms with van der Waals surface area (Å²) in [6.45, 7) is 11.2. The van der Waals surface area contributed by atoms with E-state index in [4.69, 9.17) is 0 Å². The van der Waals surface area contributed by atoms with Gasteiger partial charge in [-0.05, 0) is 73.6 Å². The van der Waals surface area contributed by atoms with Crippen molar-refractivity contribution in [3.63, 3.8) is 0 Å². The van der Waals surface area contributed by atoms with Gasteiger partial charge < -0.3 is 5.32 Å². The molecule has 0 aliphatic rings. The Morgan fingerprint density at radius 1 is 1.10 bits per heavy atom. The minimum absolute atomic E-state index is 0.0579. The summed E-state index contributed by atoms with van der Waals surface area (Å²) in [4.78, 5) is 0. The first-order chi connectivity index (χ1) is 9.02. The molecule has 1 aromatic rings. The Balaban J connectivity index is 2.74. The highest BCUT2D eigenvalue weighted by Gasteiger charge is 2.24. The van der Waals surface area contributed by atoms with Crippen molar-refractivity contribution < 1.29 is 8.78 Å². The zero-order valence-corrected chi connectivity index (χ0v) is 14.5. The van der Waals surface area contributed by atoms with Crippen LogP contribution in [0.2, 0.25) is 0 Å². The van der Waals surface area contributed by atoms with Crippen LogP contribution in [0, 0.1) is 17.0 Å². The van der Waals surface area contributed by atoms with Crippen molar-refractivity contribution in [3.05, 3.63) is 33.8 Å². The molecule has 20 heavy (non-hydrogen) atoms. The predicted molar refractivity (Wildman–Crippen MR) is 83.9 cm³/mol. The van der Waals surface area contributed by atoms with E-state index in [9.17, 15) is 8.78 Å². The van der Waals surface area contributed by atoms with Crippen molar-refractivity contribution in [2.75, 3.05) is 6.54 Å². The summed E-state index contributed by atoms with van der Waals surface area (Å²) in [5.74, 6) is -0.954. The highest BCUT2D eigenvalue weighted by atomic mass is 79.9. The monoisotopic (exact) mass is 347 g/mol. The molecule has 0 spiro atoms. The fourth-order valence-corrected chi connectivity index (χ4v) is 2.45. The first-order valence-corrected chi connectivity index (χ1v) is 7.68. The lowest BCUT2D eigenvalue weighted by molar-refractivity contribution is 0.295. The van der Waals surface area contributed by atoms with Crippen LogP contribution in [0.3, 0.4) is 0 Å². The Bertz CT molecular complexity index is 464. The zero-order valence-electron chi connectivity index (χ0n) is 12.9. The van der Waals surface area contributed by atoms with Gasteiger partial charge in [-0.1, -0.05) is 13.8 Å². The Morgan fingerprint density at radius 3 is 2.25 bits per heavy atom. The first kappa shape index (κ1) is 17.6. The minimum Gasteiger partial charge on any atom is -0.312 e. The van der Waals surface area contributed by atoms with E-state index in [0.29, 0.717) is 10.9 Å². The highest BCUT2D eigenvalue weighted by molar-refractivity contribution is 9.10. The number of rotatable bonds is 5. The standard InChI is InChI=1S/C16H24BrF2N/c1-15(2,3)20-9-8-16(4,5)10-11-13(18)7-6-12(17)14(11)19/h6-7,20H,8-10H2,1-5H3. The van der Waals surface area contributed by atoms with Gasteiger partial charge in [0.1, 0.15) is 11.6 Å². The maximum atomic E-state index is 14.0. The van der Waals surface area contributed by atoms with Crippen LogP contribution in [0.1, 0.15) is 46.6 Å². The van der Waals surface area contributed by atoms with Crippen LogP contribution < -0.4 is 5.32 Å². The third-order valence-electron chi connectivity index (χ3n) is 3.25. The van der Waals surface area contributed by atoms with Crippen LogP contribution in [0.25, 0.3) is 0 Å². The van der Waals surface area contributed by atoms with Gasteiger partial charge in [0.15, 0.2) is 0 Å². The third kappa shape index (κ3) is 5.49. The number of benzene rings is 1. The SMILES string of the molecule is CC(C)(CCNC(C)(C)C)Cc1c(F)ccc(Br)c1F. The predicted octanol–water partition coefficient (Wildman–Crippen LogP) is 5.07. The number of hydrogen-bond donors (Lipinski definition) is 1. The van der Waals surface area contributed by atoms with Gasteiger partial charge in [-0.25, -0.2) is 8.78 Å². The van der Waals surface area contributed by atoms with Gasteiger partial charge in [0.25, 0.3) is 0 Å². The van der Waals surface area contributed by atoms with E-state index in [1.165, 1.54) is 12.1 Å². The van der Waals surface area contributed by atoms with Gasteiger partial charge in [0, 0.05) is 11.1 Å². The van der Waals surface area contributed by atoms with Crippen LogP contribution in [-0.4, -0.2) is 12.1 Å². The Hall–Kier alpha value is -0.480. The fourth-order valence-electron chi connectivity index (χ4n) is 2.07. The zero-order chi connectivity index (χ0) is 15.6. The molecular weight excluding hydrogens is 324 g/mol. The molecular formula is C16H24BrF2N. The molecule has 0 aromatic heterocycles. The summed E-state index contributed by atoms with van der Waals surface area (Å²) in [5.41, 5.74) is 0.0587. The maximum Gasteiger partial charge on any atom is 0.143 e. The number of hydrogen-bond acceptors (Lipinski definition) is 1. The van der Waals surface area contributed by atoms with Gasteiger partial charge in [-0.2, -0.15) is 0 Å². The molecule has 0 bridgehead atoms.